The maximum atomic E-state index is 11.0. The molecule has 4 nitrogen and oxygen atoms in total. The summed E-state index contributed by atoms with van der Waals surface area (Å²) in [7, 11) is 0. The molecule has 1 heterocycles. The van der Waals surface area contributed by atoms with E-state index in [1.807, 2.05) is 30.3 Å². The maximum Gasteiger partial charge on any atom is 0.307 e. The zero-order valence-corrected chi connectivity index (χ0v) is 18.4. The number of carboxylic acids is 1. The predicted molar refractivity (Wildman–Crippen MR) is 131 cm³/mol. The van der Waals surface area contributed by atoms with Crippen LogP contribution in [0.2, 0.25) is 0 Å². The standard InChI is InChI=1S/C29H27NO3/c31-29(32)16-20-12-14-22(15-13-20)27-17-24(33-28-11-4-3-10-26(27)28)19-30-18-23-8-5-7-21-6-1-2-9-25(21)23/h1-15,24,27,30H,16-19H2,(H,31,32). The summed E-state index contributed by atoms with van der Waals surface area (Å²) < 4.78 is 6.35. The monoisotopic (exact) mass is 437 g/mol. The normalized spacial score (nSPS) is 17.3. The Morgan fingerprint density at radius 1 is 0.909 bits per heavy atom. The van der Waals surface area contributed by atoms with Crippen LogP contribution in [0, 0.1) is 0 Å². The molecular weight excluding hydrogens is 410 g/mol. The van der Waals surface area contributed by atoms with Gasteiger partial charge in [0, 0.05) is 24.6 Å². The minimum absolute atomic E-state index is 0.0470. The summed E-state index contributed by atoms with van der Waals surface area (Å²) >= 11 is 0. The number of benzene rings is 4. The minimum Gasteiger partial charge on any atom is -0.489 e. The Balaban J connectivity index is 1.31. The van der Waals surface area contributed by atoms with Crippen molar-refractivity contribution >= 4 is 16.7 Å². The number of rotatable bonds is 7. The van der Waals surface area contributed by atoms with Gasteiger partial charge in [-0.15, -0.1) is 0 Å². The van der Waals surface area contributed by atoms with Crippen molar-refractivity contribution in [1.29, 1.82) is 0 Å². The van der Waals surface area contributed by atoms with E-state index in [2.05, 4.69) is 66.0 Å². The second-order valence-corrected chi connectivity index (χ2v) is 8.65. The molecule has 166 valence electrons. The number of hydrogen-bond donors (Lipinski definition) is 2. The van der Waals surface area contributed by atoms with Crippen LogP contribution in [0.25, 0.3) is 10.8 Å². The van der Waals surface area contributed by atoms with E-state index in [4.69, 9.17) is 9.84 Å². The van der Waals surface area contributed by atoms with Gasteiger partial charge >= 0.3 is 5.97 Å². The predicted octanol–water partition coefficient (Wildman–Crippen LogP) is 5.54. The van der Waals surface area contributed by atoms with Crippen molar-refractivity contribution in [1.82, 2.24) is 5.32 Å². The smallest absolute Gasteiger partial charge is 0.307 e. The van der Waals surface area contributed by atoms with Crippen LogP contribution in [0.3, 0.4) is 0 Å². The zero-order valence-electron chi connectivity index (χ0n) is 18.4. The van der Waals surface area contributed by atoms with E-state index in [1.165, 1.54) is 27.5 Å². The number of hydrogen-bond acceptors (Lipinski definition) is 3. The van der Waals surface area contributed by atoms with Crippen molar-refractivity contribution in [2.24, 2.45) is 0 Å². The molecule has 1 aliphatic rings. The SMILES string of the molecule is O=C(O)Cc1ccc(C2CC(CNCc3cccc4ccccc34)Oc3ccccc32)cc1. The molecule has 0 amide bonds. The highest BCUT2D eigenvalue weighted by Gasteiger charge is 2.29. The number of nitrogens with one attached hydrogen (secondary N) is 1. The zero-order chi connectivity index (χ0) is 22.6. The van der Waals surface area contributed by atoms with Crippen LogP contribution in [-0.2, 0) is 17.8 Å². The number of aliphatic carboxylic acids is 1. The van der Waals surface area contributed by atoms with Gasteiger partial charge in [0.1, 0.15) is 11.9 Å². The Morgan fingerprint density at radius 3 is 2.52 bits per heavy atom. The molecule has 2 unspecified atom stereocenters. The molecule has 4 heteroatoms. The molecule has 4 aromatic carbocycles. The summed E-state index contributed by atoms with van der Waals surface area (Å²) in [5, 5.41) is 15.2. The van der Waals surface area contributed by atoms with Gasteiger partial charge in [0.05, 0.1) is 6.42 Å². The first-order valence-electron chi connectivity index (χ1n) is 11.4. The van der Waals surface area contributed by atoms with Gasteiger partial charge in [0.25, 0.3) is 0 Å². The van der Waals surface area contributed by atoms with Gasteiger partial charge in [-0.1, -0.05) is 84.9 Å². The van der Waals surface area contributed by atoms with Crippen LogP contribution >= 0.6 is 0 Å². The van der Waals surface area contributed by atoms with E-state index < -0.39 is 5.97 Å². The number of fused-ring (bicyclic) bond motifs is 2. The minimum atomic E-state index is -0.809. The molecule has 0 aromatic heterocycles. The van der Waals surface area contributed by atoms with Crippen molar-refractivity contribution < 1.29 is 14.6 Å². The lowest BCUT2D eigenvalue weighted by Gasteiger charge is -2.33. The van der Waals surface area contributed by atoms with Crippen LogP contribution in [0.15, 0.2) is 91.0 Å². The molecule has 4 aromatic rings. The van der Waals surface area contributed by atoms with Crippen molar-refractivity contribution in [2.75, 3.05) is 6.54 Å². The first-order valence-corrected chi connectivity index (χ1v) is 11.4. The van der Waals surface area contributed by atoms with Gasteiger partial charge < -0.3 is 15.2 Å². The molecule has 2 N–H and O–H groups in total. The van der Waals surface area contributed by atoms with Crippen LogP contribution in [-0.4, -0.2) is 23.7 Å². The number of carboxylic acid groups (broad SMARTS) is 1. The third kappa shape index (κ3) is 4.76. The lowest BCUT2D eigenvalue weighted by Crippen LogP contribution is -2.35. The second kappa shape index (κ2) is 9.47. The lowest BCUT2D eigenvalue weighted by molar-refractivity contribution is -0.136. The van der Waals surface area contributed by atoms with E-state index in [0.717, 1.165) is 30.8 Å². The van der Waals surface area contributed by atoms with E-state index in [1.54, 1.807) is 0 Å². The van der Waals surface area contributed by atoms with Gasteiger partial charge in [-0.3, -0.25) is 4.79 Å². The number of ether oxygens (including phenoxy) is 1. The Kier molecular flexibility index (Phi) is 6.09. The second-order valence-electron chi connectivity index (χ2n) is 8.65. The lowest BCUT2D eigenvalue weighted by atomic mass is 9.83. The van der Waals surface area contributed by atoms with Gasteiger partial charge in [-0.25, -0.2) is 0 Å². The molecule has 0 radical (unpaired) electrons. The fourth-order valence-corrected chi connectivity index (χ4v) is 4.79. The maximum absolute atomic E-state index is 11.0. The molecule has 0 aliphatic carbocycles. The Hall–Kier alpha value is -3.63. The fraction of sp³-hybridized carbons (Fsp3) is 0.207. The first kappa shape index (κ1) is 21.2. The largest absolute Gasteiger partial charge is 0.489 e. The molecule has 0 bridgehead atoms. The van der Waals surface area contributed by atoms with Crippen molar-refractivity contribution in [3.8, 4) is 5.75 Å². The summed E-state index contributed by atoms with van der Waals surface area (Å²) in [4.78, 5) is 11.0. The summed E-state index contributed by atoms with van der Waals surface area (Å²) in [6.07, 6.45) is 0.974. The van der Waals surface area contributed by atoms with Gasteiger partial charge in [0.15, 0.2) is 0 Å². The molecule has 33 heavy (non-hydrogen) atoms. The average molecular weight is 438 g/mol. The summed E-state index contributed by atoms with van der Waals surface area (Å²) in [5.41, 5.74) is 4.49. The number of para-hydroxylation sites is 1. The van der Waals surface area contributed by atoms with Crippen LogP contribution in [0.4, 0.5) is 0 Å². The molecule has 5 rings (SSSR count). The Labute approximate surface area is 193 Å². The summed E-state index contributed by atoms with van der Waals surface area (Å²) in [5.74, 6) is 0.343. The highest BCUT2D eigenvalue weighted by molar-refractivity contribution is 5.85. The van der Waals surface area contributed by atoms with Gasteiger partial charge in [-0.2, -0.15) is 0 Å². The quantitative estimate of drug-likeness (QED) is 0.399. The van der Waals surface area contributed by atoms with Crippen molar-refractivity contribution in [3.63, 3.8) is 0 Å². The Morgan fingerprint density at radius 2 is 1.67 bits per heavy atom. The molecule has 2 atom stereocenters. The van der Waals surface area contributed by atoms with Crippen LogP contribution < -0.4 is 10.1 Å². The van der Waals surface area contributed by atoms with Crippen molar-refractivity contribution in [3.05, 3.63) is 113 Å². The highest BCUT2D eigenvalue weighted by atomic mass is 16.5. The Bertz CT molecular complexity index is 1260. The topological polar surface area (TPSA) is 58.6 Å². The molecule has 0 saturated heterocycles. The summed E-state index contributed by atoms with van der Waals surface area (Å²) in [6.45, 7) is 1.54. The van der Waals surface area contributed by atoms with Gasteiger partial charge in [-0.05, 0) is 39.9 Å². The van der Waals surface area contributed by atoms with Crippen molar-refractivity contribution in [2.45, 2.75) is 31.4 Å². The van der Waals surface area contributed by atoms with E-state index in [-0.39, 0.29) is 18.4 Å². The average Bonchev–Trinajstić information content (AvgIpc) is 2.84. The molecule has 1 aliphatic heterocycles. The van der Waals surface area contributed by atoms with Crippen LogP contribution in [0.5, 0.6) is 5.75 Å². The van der Waals surface area contributed by atoms with Gasteiger partial charge in [0.2, 0.25) is 0 Å². The molecule has 0 saturated carbocycles. The van der Waals surface area contributed by atoms with E-state index in [0.29, 0.717) is 0 Å². The molecule has 0 spiro atoms. The van der Waals surface area contributed by atoms with Crippen LogP contribution in [0.1, 0.15) is 34.6 Å². The number of carbonyl (C=O) groups is 1. The molecular formula is C29H27NO3. The third-order valence-corrected chi connectivity index (χ3v) is 6.39. The third-order valence-electron chi connectivity index (χ3n) is 6.39. The summed E-state index contributed by atoms with van der Waals surface area (Å²) in [6, 6.07) is 31.1. The fourth-order valence-electron chi connectivity index (χ4n) is 4.79. The first-order chi connectivity index (χ1) is 16.2. The highest BCUT2D eigenvalue weighted by Crippen LogP contribution is 2.40. The van der Waals surface area contributed by atoms with E-state index >= 15 is 0 Å². The molecule has 0 fully saturated rings. The van der Waals surface area contributed by atoms with E-state index in [9.17, 15) is 4.79 Å².